The van der Waals surface area contributed by atoms with Crippen molar-refractivity contribution in [1.29, 1.82) is 0 Å². The normalized spacial score (nSPS) is 11.0. The van der Waals surface area contributed by atoms with Gasteiger partial charge < -0.3 is 9.15 Å². The third kappa shape index (κ3) is 3.49. The van der Waals surface area contributed by atoms with Crippen molar-refractivity contribution in [3.8, 4) is 5.75 Å². The molecule has 0 aliphatic heterocycles. The van der Waals surface area contributed by atoms with Gasteiger partial charge in [-0.2, -0.15) is 9.78 Å². The van der Waals surface area contributed by atoms with Crippen LogP contribution in [0.25, 0.3) is 11.0 Å². The molecule has 2 aromatic heterocycles. The van der Waals surface area contributed by atoms with Crippen molar-refractivity contribution >= 4 is 11.0 Å². The average molecular weight is 348 g/mol. The number of benzene rings is 2. The van der Waals surface area contributed by atoms with Crippen LogP contribution >= 0.6 is 0 Å². The lowest BCUT2D eigenvalue weighted by Crippen LogP contribution is -2.35. The molecular weight excluding hydrogens is 330 g/mol. The van der Waals surface area contributed by atoms with E-state index in [1.165, 1.54) is 11.6 Å². The quantitative estimate of drug-likeness (QED) is 0.445. The minimum Gasteiger partial charge on any atom is -0.489 e. The van der Waals surface area contributed by atoms with Crippen molar-refractivity contribution in [3.05, 3.63) is 88.3 Å². The summed E-state index contributed by atoms with van der Waals surface area (Å²) in [6.07, 6.45) is 3.40. The van der Waals surface area contributed by atoms with Gasteiger partial charge >= 0.3 is 12.0 Å². The number of rotatable bonds is 5. The number of aromatic nitrogens is 3. The van der Waals surface area contributed by atoms with E-state index in [0.717, 1.165) is 23.1 Å². The summed E-state index contributed by atoms with van der Waals surface area (Å²) in [5, 5.41) is 3.93. The molecule has 130 valence electrons. The Morgan fingerprint density at radius 1 is 1.12 bits per heavy atom. The first-order valence-corrected chi connectivity index (χ1v) is 8.30. The minimum atomic E-state index is -0.349. The third-order valence-corrected chi connectivity index (χ3v) is 4.21. The molecule has 6 nitrogen and oxygen atoms in total. The zero-order chi connectivity index (χ0) is 17.9. The molecule has 4 rings (SSSR count). The molecule has 26 heavy (non-hydrogen) atoms. The Morgan fingerprint density at radius 2 is 1.92 bits per heavy atom. The van der Waals surface area contributed by atoms with Crippen LogP contribution in [0.2, 0.25) is 0 Å². The molecule has 0 amide bonds. The Bertz CT molecular complexity index is 1080. The van der Waals surface area contributed by atoms with Crippen LogP contribution < -0.4 is 15.0 Å². The predicted molar refractivity (Wildman–Crippen MR) is 95.9 cm³/mol. The van der Waals surface area contributed by atoms with E-state index in [9.17, 15) is 4.79 Å². The van der Waals surface area contributed by atoms with Crippen LogP contribution in [0.1, 0.15) is 16.7 Å². The second kappa shape index (κ2) is 6.84. The highest BCUT2D eigenvalue weighted by Gasteiger charge is 2.05. The van der Waals surface area contributed by atoms with E-state index in [2.05, 4.69) is 22.2 Å². The van der Waals surface area contributed by atoms with Crippen molar-refractivity contribution in [2.75, 3.05) is 0 Å². The molecule has 0 aliphatic carbocycles. The number of H-pyrrole nitrogens is 1. The van der Waals surface area contributed by atoms with Crippen LogP contribution in [0.4, 0.5) is 0 Å². The summed E-state index contributed by atoms with van der Waals surface area (Å²) in [6.45, 7) is 3.08. The van der Waals surface area contributed by atoms with Gasteiger partial charge in [0.2, 0.25) is 6.33 Å². The minimum absolute atomic E-state index is 0.349. The molecule has 0 saturated heterocycles. The molecule has 4 aromatic rings. The molecule has 1 N–H and O–H groups in total. The number of hydrogen-bond donors (Lipinski definition) is 1. The highest BCUT2D eigenvalue weighted by atomic mass is 16.5. The summed E-state index contributed by atoms with van der Waals surface area (Å²) in [5.41, 5.74) is 3.32. The van der Waals surface area contributed by atoms with Crippen LogP contribution in [-0.2, 0) is 13.2 Å². The summed E-state index contributed by atoms with van der Waals surface area (Å²) in [6, 6.07) is 15.3. The summed E-state index contributed by atoms with van der Waals surface area (Å²) < 4.78 is 13.0. The first kappa shape index (κ1) is 16.1. The maximum atomic E-state index is 11.5. The highest BCUT2D eigenvalue weighted by molar-refractivity contribution is 5.81. The van der Waals surface area contributed by atoms with Gasteiger partial charge in [-0.3, -0.25) is 0 Å². The SMILES string of the molecule is Cc1cc(=O)oc2cc(OCc3ccc(C[n+]4cnc[nH]4)cc3)ccc12. The number of ether oxygens (including phenoxy) is 1. The molecule has 0 unspecified atom stereocenters. The molecule has 6 heteroatoms. The Kier molecular flexibility index (Phi) is 4.23. The Hall–Kier alpha value is -3.41. The standard InChI is InChI=1S/C20H17N3O3/c1-14-8-20(24)26-19-9-17(6-7-18(14)19)25-11-16-4-2-15(3-5-16)10-23-13-21-12-22-23/h2-9,12-13H,10-11H2,1H3/p+1. The van der Waals surface area contributed by atoms with E-state index in [1.807, 2.05) is 35.9 Å². The molecule has 0 atom stereocenters. The van der Waals surface area contributed by atoms with Gasteiger partial charge in [0, 0.05) is 17.5 Å². The first-order chi connectivity index (χ1) is 12.7. The van der Waals surface area contributed by atoms with Gasteiger partial charge in [0.1, 0.15) is 24.5 Å². The number of nitrogens with one attached hydrogen (secondary N) is 1. The van der Waals surface area contributed by atoms with Gasteiger partial charge in [-0.25, -0.2) is 4.79 Å². The van der Waals surface area contributed by atoms with Crippen LogP contribution in [0.3, 0.4) is 0 Å². The zero-order valence-corrected chi connectivity index (χ0v) is 14.3. The first-order valence-electron chi connectivity index (χ1n) is 8.30. The number of aromatic amines is 1. The van der Waals surface area contributed by atoms with Gasteiger partial charge in [-0.1, -0.05) is 24.3 Å². The molecule has 0 aliphatic rings. The maximum absolute atomic E-state index is 11.5. The van der Waals surface area contributed by atoms with Gasteiger partial charge in [0.25, 0.3) is 0 Å². The molecular formula is C20H18N3O3+. The van der Waals surface area contributed by atoms with Crippen LogP contribution in [0, 0.1) is 6.92 Å². The fourth-order valence-corrected chi connectivity index (χ4v) is 2.84. The summed E-state index contributed by atoms with van der Waals surface area (Å²) in [7, 11) is 0. The number of hydrogen-bond acceptors (Lipinski definition) is 4. The second-order valence-electron chi connectivity index (χ2n) is 6.16. The topological polar surface area (TPSA) is 72.0 Å². The lowest BCUT2D eigenvalue weighted by atomic mass is 10.1. The number of nitrogens with zero attached hydrogens (tertiary/aromatic N) is 2. The van der Waals surface area contributed by atoms with Crippen molar-refractivity contribution in [3.63, 3.8) is 0 Å². The number of fused-ring (bicyclic) bond motifs is 1. The lowest BCUT2D eigenvalue weighted by molar-refractivity contribution is -0.743. The fourth-order valence-electron chi connectivity index (χ4n) is 2.84. The van der Waals surface area contributed by atoms with Gasteiger partial charge in [0.05, 0.1) is 0 Å². The molecule has 0 fully saturated rings. The fraction of sp³-hybridized carbons (Fsp3) is 0.150. The molecule has 0 radical (unpaired) electrons. The Balaban J connectivity index is 1.45. The van der Waals surface area contributed by atoms with Crippen molar-refractivity contribution in [2.45, 2.75) is 20.1 Å². The average Bonchev–Trinajstić information content (AvgIpc) is 3.14. The predicted octanol–water partition coefficient (Wildman–Crippen LogP) is 2.74. The van der Waals surface area contributed by atoms with Crippen LogP contribution in [-0.4, -0.2) is 10.1 Å². The van der Waals surface area contributed by atoms with E-state index in [0.29, 0.717) is 17.9 Å². The Morgan fingerprint density at radius 3 is 2.69 bits per heavy atom. The molecule has 0 saturated carbocycles. The van der Waals surface area contributed by atoms with Crippen molar-refractivity contribution in [2.24, 2.45) is 0 Å². The van der Waals surface area contributed by atoms with E-state index in [4.69, 9.17) is 9.15 Å². The summed E-state index contributed by atoms with van der Waals surface area (Å²) in [5.74, 6) is 0.670. The van der Waals surface area contributed by atoms with E-state index < -0.39 is 0 Å². The van der Waals surface area contributed by atoms with Crippen LogP contribution in [0.5, 0.6) is 5.75 Å². The monoisotopic (exact) mass is 348 g/mol. The van der Waals surface area contributed by atoms with Gasteiger partial charge in [-0.05, 0) is 40.7 Å². The smallest absolute Gasteiger partial charge is 0.336 e. The van der Waals surface area contributed by atoms with E-state index in [-0.39, 0.29) is 5.63 Å². The summed E-state index contributed by atoms with van der Waals surface area (Å²) in [4.78, 5) is 15.5. The van der Waals surface area contributed by atoms with Crippen molar-refractivity contribution < 1.29 is 13.8 Å². The van der Waals surface area contributed by atoms with Crippen molar-refractivity contribution in [1.82, 2.24) is 10.1 Å². The molecule has 0 spiro atoms. The maximum Gasteiger partial charge on any atom is 0.336 e. The van der Waals surface area contributed by atoms with Gasteiger partial charge in [0.15, 0.2) is 0 Å². The molecule has 2 aromatic carbocycles. The Labute approximate surface area is 149 Å². The largest absolute Gasteiger partial charge is 0.489 e. The lowest BCUT2D eigenvalue weighted by Gasteiger charge is -2.08. The summed E-state index contributed by atoms with van der Waals surface area (Å²) >= 11 is 0. The highest BCUT2D eigenvalue weighted by Crippen LogP contribution is 2.23. The van der Waals surface area contributed by atoms with Crippen LogP contribution in [0.15, 0.2) is 70.4 Å². The second-order valence-corrected chi connectivity index (χ2v) is 6.16. The zero-order valence-electron chi connectivity index (χ0n) is 14.3. The number of aryl methyl sites for hydroxylation is 1. The van der Waals surface area contributed by atoms with E-state index in [1.54, 1.807) is 18.7 Å². The molecule has 0 bridgehead atoms. The van der Waals surface area contributed by atoms with Gasteiger partial charge in [-0.15, -0.1) is 0 Å². The third-order valence-electron chi connectivity index (χ3n) is 4.21. The molecule has 2 heterocycles. The van der Waals surface area contributed by atoms with E-state index >= 15 is 0 Å².